The molecular formula is C12H19ClO. The molecule has 0 atom stereocenters. The summed E-state index contributed by atoms with van der Waals surface area (Å²) in [6.07, 6.45) is 9.49. The van der Waals surface area contributed by atoms with Crippen LogP contribution in [0.25, 0.3) is 0 Å². The van der Waals surface area contributed by atoms with Crippen LogP contribution in [0.5, 0.6) is 0 Å². The van der Waals surface area contributed by atoms with Gasteiger partial charge in [-0.15, -0.1) is 0 Å². The van der Waals surface area contributed by atoms with Crippen LogP contribution >= 0.6 is 11.6 Å². The van der Waals surface area contributed by atoms with Crippen LogP contribution in [0, 0.1) is 10.8 Å². The Morgan fingerprint density at radius 1 is 1.14 bits per heavy atom. The first-order chi connectivity index (χ1) is 6.63. The van der Waals surface area contributed by atoms with Crippen molar-refractivity contribution in [2.45, 2.75) is 58.3 Å². The molecule has 2 heteroatoms. The second-order valence-electron chi connectivity index (χ2n) is 5.30. The molecule has 2 bridgehead atoms. The minimum Gasteiger partial charge on any atom is -0.281 e. The van der Waals surface area contributed by atoms with Gasteiger partial charge >= 0.3 is 0 Å². The van der Waals surface area contributed by atoms with Crippen LogP contribution in [0.2, 0.25) is 0 Å². The van der Waals surface area contributed by atoms with Gasteiger partial charge in [-0.05, 0) is 62.0 Å². The van der Waals surface area contributed by atoms with Gasteiger partial charge in [0, 0.05) is 5.41 Å². The molecule has 80 valence electrons. The molecule has 3 aliphatic carbocycles. The van der Waals surface area contributed by atoms with Crippen molar-refractivity contribution in [3.05, 3.63) is 0 Å². The van der Waals surface area contributed by atoms with Crippen molar-refractivity contribution < 1.29 is 4.79 Å². The standard InChI is InChI=1S/C12H19ClO/c1-2-3-11-4-7-12(8-5-11,9-6-11)10(13)14/h2-9H2,1H3. The van der Waals surface area contributed by atoms with E-state index in [-0.39, 0.29) is 10.7 Å². The van der Waals surface area contributed by atoms with Crippen LogP contribution in [-0.4, -0.2) is 5.24 Å². The SMILES string of the molecule is CCCC12CCC(C(=O)Cl)(CC1)CC2. The lowest BCUT2D eigenvalue weighted by atomic mass is 9.53. The monoisotopic (exact) mass is 214 g/mol. The molecule has 0 heterocycles. The van der Waals surface area contributed by atoms with E-state index in [4.69, 9.17) is 11.6 Å². The maximum Gasteiger partial charge on any atom is 0.227 e. The van der Waals surface area contributed by atoms with E-state index >= 15 is 0 Å². The number of carbonyl (C=O) groups excluding carboxylic acids is 1. The Bertz CT molecular complexity index is 222. The first kappa shape index (κ1) is 10.5. The van der Waals surface area contributed by atoms with Crippen molar-refractivity contribution in [2.24, 2.45) is 10.8 Å². The summed E-state index contributed by atoms with van der Waals surface area (Å²) >= 11 is 5.72. The highest BCUT2D eigenvalue weighted by Crippen LogP contribution is 2.59. The van der Waals surface area contributed by atoms with Gasteiger partial charge in [-0.25, -0.2) is 0 Å². The predicted octanol–water partition coefficient (Wildman–Crippen LogP) is 3.89. The average Bonchev–Trinajstić information content (AvgIpc) is 2.20. The van der Waals surface area contributed by atoms with Gasteiger partial charge in [0.15, 0.2) is 0 Å². The van der Waals surface area contributed by atoms with Crippen LogP contribution in [-0.2, 0) is 4.79 Å². The highest BCUT2D eigenvalue weighted by Gasteiger charge is 2.51. The van der Waals surface area contributed by atoms with E-state index in [2.05, 4.69) is 6.92 Å². The number of halogens is 1. The fourth-order valence-electron chi connectivity index (χ4n) is 3.46. The quantitative estimate of drug-likeness (QED) is 0.652. The minimum absolute atomic E-state index is 0.0673. The Morgan fingerprint density at radius 3 is 2.00 bits per heavy atom. The largest absolute Gasteiger partial charge is 0.281 e. The van der Waals surface area contributed by atoms with Crippen LogP contribution in [0.4, 0.5) is 0 Å². The smallest absolute Gasteiger partial charge is 0.227 e. The maximum atomic E-state index is 11.4. The second-order valence-corrected chi connectivity index (χ2v) is 5.65. The first-order valence-corrected chi connectivity index (χ1v) is 6.20. The molecule has 3 aliphatic rings. The summed E-state index contributed by atoms with van der Waals surface area (Å²) in [6.45, 7) is 2.26. The molecule has 0 radical (unpaired) electrons. The number of hydrogen-bond donors (Lipinski definition) is 0. The van der Waals surface area contributed by atoms with Gasteiger partial charge in [-0.3, -0.25) is 4.79 Å². The van der Waals surface area contributed by atoms with Gasteiger partial charge in [-0.1, -0.05) is 13.3 Å². The van der Waals surface area contributed by atoms with Gasteiger partial charge < -0.3 is 0 Å². The molecule has 3 rings (SSSR count). The van der Waals surface area contributed by atoms with Crippen molar-refractivity contribution in [2.75, 3.05) is 0 Å². The third kappa shape index (κ3) is 1.50. The minimum atomic E-state index is -0.114. The van der Waals surface area contributed by atoms with Crippen LogP contribution in [0.3, 0.4) is 0 Å². The number of fused-ring (bicyclic) bond motifs is 3. The van der Waals surface area contributed by atoms with Crippen molar-refractivity contribution in [3.8, 4) is 0 Å². The van der Waals surface area contributed by atoms with Gasteiger partial charge in [0.2, 0.25) is 5.24 Å². The number of rotatable bonds is 3. The van der Waals surface area contributed by atoms with Crippen LogP contribution < -0.4 is 0 Å². The van der Waals surface area contributed by atoms with E-state index in [1.165, 1.54) is 32.1 Å². The highest BCUT2D eigenvalue weighted by molar-refractivity contribution is 6.64. The average molecular weight is 215 g/mol. The lowest BCUT2D eigenvalue weighted by Crippen LogP contribution is -2.44. The van der Waals surface area contributed by atoms with Crippen molar-refractivity contribution in [1.82, 2.24) is 0 Å². The van der Waals surface area contributed by atoms with Crippen molar-refractivity contribution in [3.63, 3.8) is 0 Å². The molecule has 0 unspecified atom stereocenters. The summed E-state index contributed by atoms with van der Waals surface area (Å²) < 4.78 is 0. The predicted molar refractivity (Wildman–Crippen MR) is 58.3 cm³/mol. The Hall–Kier alpha value is -0.0400. The Morgan fingerprint density at radius 2 is 1.64 bits per heavy atom. The normalized spacial score (nSPS) is 41.3. The van der Waals surface area contributed by atoms with Crippen LogP contribution in [0.15, 0.2) is 0 Å². The molecular weight excluding hydrogens is 196 g/mol. The molecule has 3 fully saturated rings. The van der Waals surface area contributed by atoms with Crippen molar-refractivity contribution >= 4 is 16.8 Å². The molecule has 3 saturated carbocycles. The van der Waals surface area contributed by atoms with E-state index in [1.54, 1.807) is 0 Å². The molecule has 0 aromatic carbocycles. The zero-order valence-electron chi connectivity index (χ0n) is 8.94. The number of carbonyl (C=O) groups is 1. The number of hydrogen-bond acceptors (Lipinski definition) is 1. The summed E-state index contributed by atoms with van der Waals surface area (Å²) in [7, 11) is 0. The summed E-state index contributed by atoms with van der Waals surface area (Å²) in [5, 5.41) is -0.0673. The Kier molecular flexibility index (Phi) is 2.63. The lowest BCUT2D eigenvalue weighted by molar-refractivity contribution is -0.129. The zero-order valence-corrected chi connectivity index (χ0v) is 9.70. The van der Waals surface area contributed by atoms with Gasteiger partial charge in [0.25, 0.3) is 0 Å². The molecule has 14 heavy (non-hydrogen) atoms. The lowest BCUT2D eigenvalue weighted by Gasteiger charge is -2.52. The van der Waals surface area contributed by atoms with E-state index in [1.807, 2.05) is 0 Å². The van der Waals surface area contributed by atoms with Crippen molar-refractivity contribution in [1.29, 1.82) is 0 Å². The van der Waals surface area contributed by atoms with Gasteiger partial charge in [-0.2, -0.15) is 0 Å². The maximum absolute atomic E-state index is 11.4. The van der Waals surface area contributed by atoms with Gasteiger partial charge in [0.1, 0.15) is 0 Å². The summed E-state index contributed by atoms with van der Waals surface area (Å²) in [5.74, 6) is 0. The molecule has 0 aromatic rings. The molecule has 0 amide bonds. The first-order valence-electron chi connectivity index (χ1n) is 5.83. The molecule has 1 nitrogen and oxygen atoms in total. The highest BCUT2D eigenvalue weighted by atomic mass is 35.5. The summed E-state index contributed by atoms with van der Waals surface area (Å²) in [6, 6.07) is 0. The van der Waals surface area contributed by atoms with Gasteiger partial charge in [0.05, 0.1) is 0 Å². The molecule has 0 spiro atoms. The van der Waals surface area contributed by atoms with E-state index in [9.17, 15) is 4.79 Å². The summed E-state index contributed by atoms with van der Waals surface area (Å²) in [4.78, 5) is 11.4. The Balaban J connectivity index is 2.09. The van der Waals surface area contributed by atoms with E-state index < -0.39 is 0 Å². The second kappa shape index (κ2) is 3.52. The van der Waals surface area contributed by atoms with E-state index in [0.717, 1.165) is 19.3 Å². The fourth-order valence-corrected chi connectivity index (χ4v) is 3.75. The fraction of sp³-hybridized carbons (Fsp3) is 0.917. The zero-order chi connectivity index (χ0) is 10.2. The molecule has 0 aromatic heterocycles. The summed E-state index contributed by atoms with van der Waals surface area (Å²) in [5.41, 5.74) is 0.472. The molecule has 0 N–H and O–H groups in total. The topological polar surface area (TPSA) is 17.1 Å². The van der Waals surface area contributed by atoms with E-state index in [0.29, 0.717) is 5.41 Å². The Labute approximate surface area is 91.2 Å². The van der Waals surface area contributed by atoms with Crippen LogP contribution in [0.1, 0.15) is 58.3 Å². The molecule has 0 saturated heterocycles. The molecule has 0 aliphatic heterocycles. The third-order valence-electron chi connectivity index (χ3n) is 4.60. The third-order valence-corrected chi connectivity index (χ3v) is 5.00.